The van der Waals surface area contributed by atoms with Crippen molar-refractivity contribution in [3.63, 3.8) is 0 Å². The zero-order valence-corrected chi connectivity index (χ0v) is 16.1. The molecule has 1 aliphatic carbocycles. The maximum absolute atomic E-state index is 13.1. The number of hydrogen-bond acceptors (Lipinski definition) is 4. The van der Waals surface area contributed by atoms with E-state index in [1.54, 1.807) is 30.3 Å². The Hall–Kier alpha value is -1.60. The predicted molar refractivity (Wildman–Crippen MR) is 96.9 cm³/mol. The summed E-state index contributed by atoms with van der Waals surface area (Å²) in [5, 5.41) is 0. The van der Waals surface area contributed by atoms with E-state index in [4.69, 9.17) is 9.47 Å². The maximum atomic E-state index is 13.1. The maximum Gasteiger partial charge on any atom is 0.258 e. The number of amides is 1. The molecule has 2 aromatic rings. The van der Waals surface area contributed by atoms with Crippen molar-refractivity contribution in [3.05, 3.63) is 45.0 Å². The number of fused-ring (bicyclic) bond motifs is 1. The Balaban J connectivity index is 1.75. The van der Waals surface area contributed by atoms with E-state index >= 15 is 0 Å². The lowest BCUT2D eigenvalue weighted by molar-refractivity contribution is 0.0938. The van der Waals surface area contributed by atoms with E-state index in [1.807, 2.05) is 12.1 Å². The van der Waals surface area contributed by atoms with E-state index in [0.29, 0.717) is 29.4 Å². The molecule has 0 N–H and O–H groups in total. The van der Waals surface area contributed by atoms with Gasteiger partial charge in [-0.3, -0.25) is 9.69 Å². The van der Waals surface area contributed by atoms with Gasteiger partial charge >= 0.3 is 0 Å². The van der Waals surface area contributed by atoms with Crippen LogP contribution in [0, 0.1) is 0 Å². The molecule has 1 amide bonds. The highest BCUT2D eigenvalue weighted by molar-refractivity contribution is 9.11. The first-order valence-corrected chi connectivity index (χ1v) is 9.10. The van der Waals surface area contributed by atoms with E-state index in [-0.39, 0.29) is 11.5 Å². The van der Waals surface area contributed by atoms with Crippen LogP contribution in [0.25, 0.3) is 0 Å². The number of carbonyl (C=O) groups is 1. The van der Waals surface area contributed by atoms with Gasteiger partial charge in [0.15, 0.2) is 0 Å². The fraction of sp³-hybridized carbons (Fsp3) is 0.294. The predicted octanol–water partition coefficient (Wildman–Crippen LogP) is 4.19. The van der Waals surface area contributed by atoms with E-state index in [9.17, 15) is 4.79 Å². The highest BCUT2D eigenvalue weighted by Crippen LogP contribution is 2.47. The summed E-state index contributed by atoms with van der Waals surface area (Å²) >= 11 is 6.91. The molecule has 5 nitrogen and oxygen atoms in total. The molecule has 24 heavy (non-hydrogen) atoms. The lowest BCUT2D eigenvalue weighted by Gasteiger charge is -2.34. The van der Waals surface area contributed by atoms with Crippen LogP contribution in [-0.2, 0) is 0 Å². The molecule has 0 atom stereocenters. The van der Waals surface area contributed by atoms with Gasteiger partial charge in [-0.25, -0.2) is 4.98 Å². The van der Waals surface area contributed by atoms with E-state index in [0.717, 1.165) is 21.8 Å². The lowest BCUT2D eigenvalue weighted by atomic mass is 10.1. The summed E-state index contributed by atoms with van der Waals surface area (Å²) in [7, 11) is 1.59. The number of rotatable bonds is 2. The Kier molecular flexibility index (Phi) is 3.80. The highest BCUT2D eigenvalue weighted by Gasteiger charge is 2.51. The first-order chi connectivity index (χ1) is 11.5. The summed E-state index contributed by atoms with van der Waals surface area (Å²) in [6.45, 7) is 0.547. The van der Waals surface area contributed by atoms with Gasteiger partial charge in [0.25, 0.3) is 5.91 Å². The Morgan fingerprint density at radius 2 is 2.04 bits per heavy atom. The number of nitrogens with zero attached hydrogens (tertiary/aromatic N) is 2. The molecule has 2 heterocycles. The van der Waals surface area contributed by atoms with Gasteiger partial charge in [-0.2, -0.15) is 0 Å². The number of pyridine rings is 1. The second-order valence-corrected chi connectivity index (χ2v) is 7.69. The molecule has 1 spiro atoms. The van der Waals surface area contributed by atoms with E-state index in [1.165, 1.54) is 0 Å². The van der Waals surface area contributed by atoms with Crippen molar-refractivity contribution in [2.24, 2.45) is 0 Å². The van der Waals surface area contributed by atoms with Crippen LogP contribution in [0.4, 0.5) is 5.69 Å². The first kappa shape index (κ1) is 15.9. The van der Waals surface area contributed by atoms with Gasteiger partial charge < -0.3 is 9.47 Å². The normalized spacial score (nSPS) is 17.2. The molecule has 1 aromatic heterocycles. The molecular weight excluding hydrogens is 440 g/mol. The number of methoxy groups -OCH3 is 1. The van der Waals surface area contributed by atoms with Gasteiger partial charge in [-0.1, -0.05) is 0 Å². The quantitative estimate of drug-likeness (QED) is 0.684. The smallest absolute Gasteiger partial charge is 0.258 e. The van der Waals surface area contributed by atoms with Gasteiger partial charge in [0.2, 0.25) is 5.88 Å². The minimum atomic E-state index is -0.266. The number of anilines is 1. The van der Waals surface area contributed by atoms with Crippen molar-refractivity contribution in [1.29, 1.82) is 0 Å². The summed E-state index contributed by atoms with van der Waals surface area (Å²) in [5.41, 5.74) is 1.02. The third kappa shape index (κ3) is 2.59. The van der Waals surface area contributed by atoms with Crippen LogP contribution in [0.15, 0.2) is 39.4 Å². The minimum Gasteiger partial charge on any atom is -0.494 e. The molecule has 1 aliphatic heterocycles. The topological polar surface area (TPSA) is 51.7 Å². The van der Waals surface area contributed by atoms with Crippen LogP contribution in [-0.4, -0.2) is 30.1 Å². The SMILES string of the molecule is COc1c(Br)cc(C(=O)N2CC3(CC3)Oc3ncccc32)cc1Br. The van der Waals surface area contributed by atoms with Gasteiger partial charge in [0.1, 0.15) is 17.0 Å². The molecule has 124 valence electrons. The fourth-order valence-corrected chi connectivity index (χ4v) is 4.40. The molecule has 1 aromatic carbocycles. The molecule has 1 fully saturated rings. The minimum absolute atomic E-state index is 0.0807. The largest absolute Gasteiger partial charge is 0.494 e. The third-order valence-corrected chi connectivity index (χ3v) is 5.48. The van der Waals surface area contributed by atoms with Gasteiger partial charge in [0.05, 0.1) is 22.6 Å². The summed E-state index contributed by atoms with van der Waals surface area (Å²) in [6, 6.07) is 7.23. The monoisotopic (exact) mass is 452 g/mol. The average Bonchev–Trinajstić information content (AvgIpc) is 3.31. The van der Waals surface area contributed by atoms with Crippen molar-refractivity contribution in [1.82, 2.24) is 4.98 Å². The summed E-state index contributed by atoms with van der Waals surface area (Å²) in [4.78, 5) is 19.2. The molecule has 4 rings (SSSR count). The van der Waals surface area contributed by atoms with Crippen LogP contribution in [0.2, 0.25) is 0 Å². The number of hydrogen-bond donors (Lipinski definition) is 0. The molecule has 2 aliphatic rings. The Morgan fingerprint density at radius 3 is 2.67 bits per heavy atom. The summed E-state index contributed by atoms with van der Waals surface area (Å²) in [5.74, 6) is 1.11. The van der Waals surface area contributed by atoms with Gasteiger partial charge in [-0.05, 0) is 69.0 Å². The van der Waals surface area contributed by atoms with Crippen molar-refractivity contribution < 1.29 is 14.3 Å². The molecule has 0 radical (unpaired) electrons. The Bertz CT molecular complexity index is 813. The summed E-state index contributed by atoms with van der Waals surface area (Å²) in [6.07, 6.45) is 3.58. The number of benzene rings is 1. The van der Waals surface area contributed by atoms with Gasteiger partial charge in [0, 0.05) is 11.8 Å². The van der Waals surface area contributed by atoms with Crippen molar-refractivity contribution in [2.45, 2.75) is 18.4 Å². The second kappa shape index (κ2) is 5.74. The molecular formula is C17H14Br2N2O3. The molecule has 7 heteroatoms. The molecule has 0 unspecified atom stereocenters. The van der Waals surface area contributed by atoms with Crippen molar-refractivity contribution in [3.8, 4) is 11.6 Å². The molecule has 0 bridgehead atoms. The van der Waals surface area contributed by atoms with Crippen LogP contribution in [0.3, 0.4) is 0 Å². The van der Waals surface area contributed by atoms with E-state index in [2.05, 4.69) is 36.8 Å². The van der Waals surface area contributed by atoms with Crippen molar-refractivity contribution in [2.75, 3.05) is 18.6 Å². The van der Waals surface area contributed by atoms with Gasteiger partial charge in [-0.15, -0.1) is 0 Å². The lowest BCUT2D eigenvalue weighted by Crippen LogP contribution is -2.45. The van der Waals surface area contributed by atoms with Crippen LogP contribution >= 0.6 is 31.9 Å². The standard InChI is InChI=1S/C17H14Br2N2O3/c1-23-14-11(18)7-10(8-12(14)19)16(22)21-9-17(4-5-17)24-15-13(21)3-2-6-20-15/h2-3,6-8H,4-5,9H2,1H3. The summed E-state index contributed by atoms with van der Waals surface area (Å²) < 4.78 is 12.7. The number of carbonyl (C=O) groups excluding carboxylic acids is 1. The fourth-order valence-electron chi connectivity index (χ4n) is 2.89. The zero-order chi connectivity index (χ0) is 16.9. The number of aromatic nitrogens is 1. The number of ether oxygens (including phenoxy) is 2. The highest BCUT2D eigenvalue weighted by atomic mass is 79.9. The number of halogens is 2. The molecule has 1 saturated carbocycles. The van der Waals surface area contributed by atoms with Crippen LogP contribution in [0.5, 0.6) is 11.6 Å². The van der Waals surface area contributed by atoms with E-state index < -0.39 is 0 Å². The zero-order valence-electron chi connectivity index (χ0n) is 12.9. The second-order valence-electron chi connectivity index (χ2n) is 5.98. The average molecular weight is 454 g/mol. The third-order valence-electron chi connectivity index (χ3n) is 4.30. The molecule has 0 saturated heterocycles. The first-order valence-electron chi connectivity index (χ1n) is 7.52. The Labute approximate surface area is 156 Å². The Morgan fingerprint density at radius 1 is 1.33 bits per heavy atom. The van der Waals surface area contributed by atoms with Crippen LogP contribution in [0.1, 0.15) is 23.2 Å². The van der Waals surface area contributed by atoms with Crippen molar-refractivity contribution >= 4 is 43.5 Å². The van der Waals surface area contributed by atoms with Crippen LogP contribution < -0.4 is 14.4 Å².